The number of carbonyl (C=O) groups is 3. The number of hydrogen-bond donors (Lipinski definition) is 1. The van der Waals surface area contributed by atoms with Crippen molar-refractivity contribution in [2.24, 2.45) is 11.7 Å². The molecule has 5 rings (SSSR count). The SMILES string of the molecule is CCN1CCC(c2ccc(C(N)=O)c([C@@H](C(=O)N3CC[C@H]4OCC(=O)[C@H]43)C3CCCCC3)c2)CC1. The third-order valence-corrected chi connectivity index (χ3v) is 8.96. The minimum Gasteiger partial charge on any atom is -0.368 e. The minimum absolute atomic E-state index is 0.00481. The van der Waals surface area contributed by atoms with Crippen LogP contribution in [-0.4, -0.2) is 72.3 Å². The second-order valence-electron chi connectivity index (χ2n) is 10.9. The van der Waals surface area contributed by atoms with E-state index in [9.17, 15) is 14.4 Å². The molecule has 3 atom stereocenters. The summed E-state index contributed by atoms with van der Waals surface area (Å²) in [6.45, 7) is 6.02. The molecule has 7 heteroatoms. The Bertz CT molecular complexity index is 965. The number of nitrogens with two attached hydrogens (primary N) is 1. The van der Waals surface area contributed by atoms with Gasteiger partial charge in [-0.1, -0.05) is 38.3 Å². The zero-order chi connectivity index (χ0) is 24.5. The van der Waals surface area contributed by atoms with E-state index in [-0.39, 0.29) is 30.3 Å². The average molecular weight is 482 g/mol. The average Bonchev–Trinajstić information content (AvgIpc) is 3.47. The molecular weight excluding hydrogens is 442 g/mol. The maximum Gasteiger partial charge on any atom is 0.249 e. The Morgan fingerprint density at radius 1 is 1.06 bits per heavy atom. The molecule has 0 unspecified atom stereocenters. The number of ether oxygens (including phenoxy) is 1. The molecule has 7 nitrogen and oxygen atoms in total. The van der Waals surface area contributed by atoms with Crippen molar-refractivity contribution < 1.29 is 19.1 Å². The third-order valence-electron chi connectivity index (χ3n) is 8.96. The molecular formula is C28H39N3O4. The van der Waals surface area contributed by atoms with Crippen LogP contribution in [0.25, 0.3) is 0 Å². The Labute approximate surface area is 208 Å². The predicted molar refractivity (Wildman–Crippen MR) is 133 cm³/mol. The molecule has 4 aliphatic rings. The summed E-state index contributed by atoms with van der Waals surface area (Å²) < 4.78 is 5.66. The summed E-state index contributed by atoms with van der Waals surface area (Å²) in [4.78, 5) is 43.6. The zero-order valence-corrected chi connectivity index (χ0v) is 20.9. The van der Waals surface area contributed by atoms with Gasteiger partial charge in [0.05, 0.1) is 12.0 Å². The van der Waals surface area contributed by atoms with Crippen LogP contribution in [0.4, 0.5) is 0 Å². The zero-order valence-electron chi connectivity index (χ0n) is 20.9. The van der Waals surface area contributed by atoms with E-state index < -0.39 is 17.9 Å². The van der Waals surface area contributed by atoms with Gasteiger partial charge >= 0.3 is 0 Å². The number of nitrogens with zero attached hydrogens (tertiary/aromatic N) is 2. The van der Waals surface area contributed by atoms with Crippen molar-refractivity contribution in [2.45, 2.75) is 82.3 Å². The highest BCUT2D eigenvalue weighted by molar-refractivity contribution is 5.99. The van der Waals surface area contributed by atoms with Crippen LogP contribution in [0, 0.1) is 5.92 Å². The number of ketones is 1. The molecule has 1 aromatic rings. The number of benzene rings is 1. The van der Waals surface area contributed by atoms with Crippen LogP contribution < -0.4 is 5.73 Å². The van der Waals surface area contributed by atoms with Crippen molar-refractivity contribution in [2.75, 3.05) is 32.8 Å². The number of rotatable bonds is 6. The predicted octanol–water partition coefficient (Wildman–Crippen LogP) is 3.22. The summed E-state index contributed by atoms with van der Waals surface area (Å²) in [7, 11) is 0. The van der Waals surface area contributed by atoms with Gasteiger partial charge in [0.15, 0.2) is 5.78 Å². The lowest BCUT2D eigenvalue weighted by Crippen LogP contribution is -2.46. The Morgan fingerprint density at radius 2 is 1.80 bits per heavy atom. The van der Waals surface area contributed by atoms with Crippen molar-refractivity contribution in [1.29, 1.82) is 0 Å². The second-order valence-corrected chi connectivity index (χ2v) is 10.9. The fourth-order valence-corrected chi connectivity index (χ4v) is 6.98. The van der Waals surface area contributed by atoms with E-state index in [1.54, 1.807) is 4.90 Å². The van der Waals surface area contributed by atoms with Crippen LogP contribution in [0.2, 0.25) is 0 Å². The lowest BCUT2D eigenvalue weighted by Gasteiger charge is -2.36. The summed E-state index contributed by atoms with van der Waals surface area (Å²) in [5.74, 6) is -0.385. The first-order chi connectivity index (χ1) is 17.0. The molecule has 0 radical (unpaired) electrons. The van der Waals surface area contributed by atoms with Gasteiger partial charge in [0.2, 0.25) is 11.8 Å². The molecule has 1 saturated carbocycles. The van der Waals surface area contributed by atoms with Gasteiger partial charge in [0.1, 0.15) is 12.6 Å². The van der Waals surface area contributed by atoms with Crippen LogP contribution in [0.1, 0.15) is 91.6 Å². The molecule has 0 aromatic heterocycles. The number of hydrogen-bond acceptors (Lipinski definition) is 5. The largest absolute Gasteiger partial charge is 0.368 e. The molecule has 3 heterocycles. The molecule has 3 saturated heterocycles. The van der Waals surface area contributed by atoms with E-state index in [1.165, 1.54) is 12.0 Å². The number of amides is 2. The molecule has 35 heavy (non-hydrogen) atoms. The highest BCUT2D eigenvalue weighted by Gasteiger charge is 2.49. The van der Waals surface area contributed by atoms with Gasteiger partial charge in [-0.25, -0.2) is 0 Å². The first-order valence-electron chi connectivity index (χ1n) is 13.6. The smallest absolute Gasteiger partial charge is 0.249 e. The van der Waals surface area contributed by atoms with Crippen LogP contribution >= 0.6 is 0 Å². The van der Waals surface area contributed by atoms with Crippen LogP contribution in [0.3, 0.4) is 0 Å². The Morgan fingerprint density at radius 3 is 2.49 bits per heavy atom. The summed E-state index contributed by atoms with van der Waals surface area (Å²) in [5.41, 5.74) is 8.30. The van der Waals surface area contributed by atoms with Crippen LogP contribution in [0.5, 0.6) is 0 Å². The van der Waals surface area contributed by atoms with Crippen LogP contribution in [0.15, 0.2) is 18.2 Å². The molecule has 190 valence electrons. The quantitative estimate of drug-likeness (QED) is 0.674. The van der Waals surface area contributed by atoms with E-state index >= 15 is 0 Å². The summed E-state index contributed by atoms with van der Waals surface area (Å²) in [6.07, 6.45) is 7.92. The molecule has 0 bridgehead atoms. The fraction of sp³-hybridized carbons (Fsp3) is 0.679. The van der Waals surface area contributed by atoms with Crippen molar-refractivity contribution in [3.05, 3.63) is 34.9 Å². The summed E-state index contributed by atoms with van der Waals surface area (Å²) in [6, 6.07) is 5.52. The number of carbonyl (C=O) groups excluding carboxylic acids is 3. The normalized spacial score (nSPS) is 27.2. The number of Topliss-reactive ketones (excluding diaryl/α,β-unsaturated/α-hetero) is 1. The van der Waals surface area contributed by atoms with Gasteiger partial charge in [-0.15, -0.1) is 0 Å². The van der Waals surface area contributed by atoms with Crippen molar-refractivity contribution in [3.63, 3.8) is 0 Å². The van der Waals surface area contributed by atoms with E-state index in [0.717, 1.165) is 63.7 Å². The molecule has 0 spiro atoms. The standard InChI is InChI=1S/C28H39N3O4/c1-2-30-13-10-18(11-14-30)20-8-9-21(27(29)33)22(16-20)25(19-6-4-3-5-7-19)28(34)31-15-12-24-26(31)23(32)17-35-24/h8-9,16,18-19,24-26H,2-7,10-15,17H2,1H3,(H2,29,33)/t24-,25+,26-/m1/s1. The lowest BCUT2D eigenvalue weighted by atomic mass is 9.73. The molecule has 2 amide bonds. The second kappa shape index (κ2) is 10.4. The Hall–Kier alpha value is -2.25. The van der Waals surface area contributed by atoms with E-state index in [4.69, 9.17) is 10.5 Å². The van der Waals surface area contributed by atoms with Gasteiger partial charge < -0.3 is 20.3 Å². The van der Waals surface area contributed by atoms with Crippen molar-refractivity contribution in [1.82, 2.24) is 9.80 Å². The Balaban J connectivity index is 1.51. The number of piperidine rings is 1. The van der Waals surface area contributed by atoms with Gasteiger partial charge in [0.25, 0.3) is 0 Å². The summed E-state index contributed by atoms with van der Waals surface area (Å²) in [5, 5.41) is 0. The van der Waals surface area contributed by atoms with Gasteiger partial charge in [-0.3, -0.25) is 14.4 Å². The van der Waals surface area contributed by atoms with Gasteiger partial charge in [0, 0.05) is 12.1 Å². The lowest BCUT2D eigenvalue weighted by molar-refractivity contribution is -0.139. The molecule has 2 N–H and O–H groups in total. The number of likely N-dealkylation sites (tertiary alicyclic amines) is 2. The summed E-state index contributed by atoms with van der Waals surface area (Å²) >= 11 is 0. The maximum atomic E-state index is 14.2. The monoisotopic (exact) mass is 481 g/mol. The fourth-order valence-electron chi connectivity index (χ4n) is 6.98. The van der Waals surface area contributed by atoms with Crippen molar-refractivity contribution in [3.8, 4) is 0 Å². The maximum absolute atomic E-state index is 14.2. The van der Waals surface area contributed by atoms with E-state index in [1.807, 2.05) is 12.1 Å². The van der Waals surface area contributed by atoms with Gasteiger partial charge in [-0.2, -0.15) is 0 Å². The van der Waals surface area contributed by atoms with E-state index in [0.29, 0.717) is 24.4 Å². The molecule has 3 aliphatic heterocycles. The van der Waals surface area contributed by atoms with E-state index in [2.05, 4.69) is 17.9 Å². The number of primary amides is 1. The molecule has 4 fully saturated rings. The van der Waals surface area contributed by atoms with Crippen molar-refractivity contribution >= 4 is 17.6 Å². The van der Waals surface area contributed by atoms with Crippen LogP contribution in [-0.2, 0) is 14.3 Å². The highest BCUT2D eigenvalue weighted by atomic mass is 16.5. The first-order valence-corrected chi connectivity index (χ1v) is 13.6. The Kier molecular flexibility index (Phi) is 7.26. The minimum atomic E-state index is -0.486. The van der Waals surface area contributed by atoms with Gasteiger partial charge in [-0.05, 0) is 80.8 Å². The topological polar surface area (TPSA) is 92.9 Å². The third kappa shape index (κ3) is 4.77. The highest BCUT2D eigenvalue weighted by Crippen LogP contribution is 2.42. The molecule has 1 aliphatic carbocycles. The number of fused-ring (bicyclic) bond motifs is 1. The molecule has 1 aromatic carbocycles. The first kappa shape index (κ1) is 24.4.